The highest BCUT2D eigenvalue weighted by Gasteiger charge is 2.13. The van der Waals surface area contributed by atoms with Crippen LogP contribution in [0.4, 0.5) is 0 Å². The van der Waals surface area contributed by atoms with Crippen molar-refractivity contribution in [2.45, 2.75) is 64.6 Å². The monoisotopic (exact) mass is 601 g/mol. The topological polar surface area (TPSA) is 142 Å². The fourth-order valence-electron chi connectivity index (χ4n) is 5.04. The highest BCUT2D eigenvalue weighted by molar-refractivity contribution is 5.80. The molecule has 1 atom stereocenters. The lowest BCUT2D eigenvalue weighted by Crippen LogP contribution is -2.22. The second-order valence-corrected chi connectivity index (χ2v) is 10.8. The molecule has 10 nitrogen and oxygen atoms in total. The molecule has 0 aliphatic carbocycles. The molecule has 4 N–H and O–H groups in total. The number of aromatic nitrogens is 4. The van der Waals surface area contributed by atoms with Crippen molar-refractivity contribution >= 4 is 5.97 Å². The Morgan fingerprint density at radius 3 is 2.41 bits per heavy atom. The Morgan fingerprint density at radius 1 is 0.932 bits per heavy atom. The van der Waals surface area contributed by atoms with Crippen molar-refractivity contribution in [3.05, 3.63) is 83.4 Å². The smallest absolute Gasteiger partial charge is 0.308 e. The number of benzene rings is 3. The third-order valence-corrected chi connectivity index (χ3v) is 7.41. The van der Waals surface area contributed by atoms with Gasteiger partial charge in [0.1, 0.15) is 5.75 Å². The van der Waals surface area contributed by atoms with E-state index in [-0.39, 0.29) is 6.61 Å². The van der Waals surface area contributed by atoms with Crippen LogP contribution in [-0.4, -0.2) is 63.1 Å². The van der Waals surface area contributed by atoms with Gasteiger partial charge in [0.25, 0.3) is 0 Å². The standard InChI is InChI=1S/C34H43N5O5/c1-25(41)44-33-18-17-28(22-29(33)24-40)32(42)23-35-19-7-2-3-8-20-43-21-9-6-10-26-13-15-27(16-14-26)30-11-4-5-12-31(30)34-36-38-39-37-34/h4-5,11-18,22,32,35,40,42H,2-3,6-10,19-21,23-24H2,1H3,(H,36,37,38,39). The Morgan fingerprint density at radius 2 is 1.68 bits per heavy atom. The number of tetrazole rings is 1. The maximum atomic E-state index is 11.2. The van der Waals surface area contributed by atoms with Crippen molar-refractivity contribution in [2.75, 3.05) is 26.3 Å². The molecule has 44 heavy (non-hydrogen) atoms. The van der Waals surface area contributed by atoms with E-state index >= 15 is 0 Å². The zero-order valence-corrected chi connectivity index (χ0v) is 25.4. The van der Waals surface area contributed by atoms with Crippen LogP contribution in [0, 0.1) is 0 Å². The highest BCUT2D eigenvalue weighted by atomic mass is 16.5. The Kier molecular flexibility index (Phi) is 13.5. The summed E-state index contributed by atoms with van der Waals surface area (Å²) in [7, 11) is 0. The quantitative estimate of drug-likeness (QED) is 0.0650. The molecule has 234 valence electrons. The minimum Gasteiger partial charge on any atom is -0.426 e. The van der Waals surface area contributed by atoms with Crippen molar-refractivity contribution < 1.29 is 24.5 Å². The summed E-state index contributed by atoms with van der Waals surface area (Å²) >= 11 is 0. The third kappa shape index (κ3) is 10.3. The fraction of sp³-hybridized carbons (Fsp3) is 0.412. The third-order valence-electron chi connectivity index (χ3n) is 7.41. The van der Waals surface area contributed by atoms with E-state index in [9.17, 15) is 15.0 Å². The largest absolute Gasteiger partial charge is 0.426 e. The van der Waals surface area contributed by atoms with Gasteiger partial charge in [-0.15, -0.1) is 10.2 Å². The molecule has 1 aromatic heterocycles. The second-order valence-electron chi connectivity index (χ2n) is 10.8. The first-order chi connectivity index (χ1) is 21.5. The number of esters is 1. The van der Waals surface area contributed by atoms with Crippen LogP contribution in [0.1, 0.15) is 68.2 Å². The Bertz CT molecular complexity index is 1410. The number of aromatic amines is 1. The number of hydrogen-bond acceptors (Lipinski definition) is 9. The van der Waals surface area contributed by atoms with Crippen LogP contribution in [0.15, 0.2) is 66.7 Å². The molecule has 0 saturated heterocycles. The van der Waals surface area contributed by atoms with Gasteiger partial charge in [0.2, 0.25) is 5.82 Å². The molecular formula is C34H43N5O5. The van der Waals surface area contributed by atoms with Gasteiger partial charge < -0.3 is 25.0 Å². The van der Waals surface area contributed by atoms with Gasteiger partial charge in [-0.25, -0.2) is 0 Å². The zero-order chi connectivity index (χ0) is 31.0. The number of carbonyl (C=O) groups excluding carboxylic acids is 1. The van der Waals surface area contributed by atoms with E-state index in [4.69, 9.17) is 9.47 Å². The van der Waals surface area contributed by atoms with E-state index in [1.165, 1.54) is 12.5 Å². The summed E-state index contributed by atoms with van der Waals surface area (Å²) in [5.74, 6) is 0.462. The van der Waals surface area contributed by atoms with E-state index in [0.29, 0.717) is 29.2 Å². The molecule has 0 amide bonds. The number of hydrogen-bond donors (Lipinski definition) is 4. The Labute approximate surface area is 258 Å². The van der Waals surface area contributed by atoms with Gasteiger partial charge in [0.05, 0.1) is 12.7 Å². The predicted molar refractivity (Wildman–Crippen MR) is 169 cm³/mol. The van der Waals surface area contributed by atoms with Gasteiger partial charge in [0.15, 0.2) is 0 Å². The number of rotatable bonds is 19. The first-order valence-electron chi connectivity index (χ1n) is 15.4. The van der Waals surface area contributed by atoms with Gasteiger partial charge in [0, 0.05) is 37.8 Å². The minimum atomic E-state index is -0.703. The molecule has 0 fully saturated rings. The van der Waals surface area contributed by atoms with E-state index in [0.717, 1.165) is 81.4 Å². The molecule has 0 aliphatic rings. The maximum absolute atomic E-state index is 11.2. The summed E-state index contributed by atoms with van der Waals surface area (Å²) in [5, 5.41) is 37.7. The van der Waals surface area contributed by atoms with E-state index < -0.39 is 12.1 Å². The number of aryl methyl sites for hydroxylation is 1. The first kappa shape index (κ1) is 32.9. The second kappa shape index (κ2) is 18.0. The molecule has 3 aromatic carbocycles. The number of nitrogens with zero attached hydrogens (tertiary/aromatic N) is 3. The molecule has 0 aliphatic heterocycles. The summed E-state index contributed by atoms with van der Waals surface area (Å²) in [6, 6.07) is 21.8. The minimum absolute atomic E-state index is 0.267. The molecule has 0 saturated carbocycles. The number of aliphatic hydroxyl groups is 2. The van der Waals surface area contributed by atoms with Crippen LogP contribution in [-0.2, 0) is 22.6 Å². The Hall–Kier alpha value is -3.96. The predicted octanol–water partition coefficient (Wildman–Crippen LogP) is 5.17. The van der Waals surface area contributed by atoms with Crippen molar-refractivity contribution in [3.8, 4) is 28.3 Å². The lowest BCUT2D eigenvalue weighted by Gasteiger charge is -2.15. The van der Waals surface area contributed by atoms with Crippen LogP contribution in [0.5, 0.6) is 5.75 Å². The van der Waals surface area contributed by atoms with Gasteiger partial charge in [-0.2, -0.15) is 5.21 Å². The van der Waals surface area contributed by atoms with Crippen molar-refractivity contribution in [3.63, 3.8) is 0 Å². The number of aliphatic hydroxyl groups excluding tert-OH is 2. The summed E-state index contributed by atoms with van der Waals surface area (Å²) in [6.45, 7) is 3.86. The highest BCUT2D eigenvalue weighted by Crippen LogP contribution is 2.30. The molecule has 0 spiro atoms. The van der Waals surface area contributed by atoms with Gasteiger partial charge >= 0.3 is 5.97 Å². The van der Waals surface area contributed by atoms with E-state index in [1.54, 1.807) is 18.2 Å². The van der Waals surface area contributed by atoms with Crippen LogP contribution >= 0.6 is 0 Å². The van der Waals surface area contributed by atoms with Crippen LogP contribution < -0.4 is 10.1 Å². The summed E-state index contributed by atoms with van der Waals surface area (Å²) in [4.78, 5) is 11.2. The number of unbranched alkanes of at least 4 members (excludes halogenated alkanes) is 4. The van der Waals surface area contributed by atoms with Crippen LogP contribution in [0.2, 0.25) is 0 Å². The molecule has 4 rings (SSSR count). The normalized spacial score (nSPS) is 11.9. The first-order valence-corrected chi connectivity index (χ1v) is 15.4. The molecule has 10 heteroatoms. The van der Waals surface area contributed by atoms with E-state index in [2.05, 4.69) is 56.3 Å². The molecule has 1 heterocycles. The molecule has 4 aromatic rings. The van der Waals surface area contributed by atoms with Crippen molar-refractivity contribution in [2.24, 2.45) is 0 Å². The summed E-state index contributed by atoms with van der Waals surface area (Å²) in [5.41, 5.74) is 5.64. The van der Waals surface area contributed by atoms with Gasteiger partial charge in [-0.3, -0.25) is 4.79 Å². The van der Waals surface area contributed by atoms with Crippen LogP contribution in [0.3, 0.4) is 0 Å². The number of H-pyrrole nitrogens is 1. The molecule has 1 unspecified atom stereocenters. The lowest BCUT2D eigenvalue weighted by molar-refractivity contribution is -0.131. The number of nitrogens with one attached hydrogen (secondary N) is 2. The average Bonchev–Trinajstić information content (AvgIpc) is 3.58. The average molecular weight is 602 g/mol. The summed E-state index contributed by atoms with van der Waals surface area (Å²) < 4.78 is 10.9. The van der Waals surface area contributed by atoms with Crippen molar-refractivity contribution in [1.82, 2.24) is 25.9 Å². The molecular weight excluding hydrogens is 558 g/mol. The SMILES string of the molecule is CC(=O)Oc1ccc(C(O)CNCCCCCCOCCCCc2ccc(-c3ccccc3-c3nn[nH]n3)cc2)cc1CO. The summed E-state index contributed by atoms with van der Waals surface area (Å²) in [6.07, 6.45) is 6.76. The number of ether oxygens (including phenoxy) is 2. The maximum Gasteiger partial charge on any atom is 0.308 e. The lowest BCUT2D eigenvalue weighted by atomic mass is 9.97. The number of carbonyl (C=O) groups is 1. The van der Waals surface area contributed by atoms with Crippen molar-refractivity contribution in [1.29, 1.82) is 0 Å². The van der Waals surface area contributed by atoms with Crippen LogP contribution in [0.25, 0.3) is 22.5 Å². The molecule has 0 bridgehead atoms. The van der Waals surface area contributed by atoms with Gasteiger partial charge in [-0.1, -0.05) is 67.4 Å². The zero-order valence-electron chi connectivity index (χ0n) is 25.4. The molecule has 0 radical (unpaired) electrons. The Balaban J connectivity index is 1.01. The fourth-order valence-corrected chi connectivity index (χ4v) is 5.04. The van der Waals surface area contributed by atoms with Gasteiger partial charge in [-0.05, 0) is 78.2 Å². The van der Waals surface area contributed by atoms with E-state index in [1.807, 2.05) is 18.2 Å².